The number of benzene rings is 2. The predicted octanol–water partition coefficient (Wildman–Crippen LogP) is 14.8. The van der Waals surface area contributed by atoms with Crippen LogP contribution in [0, 0.1) is 17.2 Å². The fourth-order valence-electron chi connectivity index (χ4n) is 6.89. The largest absolute Gasteiger partial charge is 0.338 e. The molecule has 0 saturated heterocycles. The number of thiophene rings is 2. The molecule has 4 heteroatoms. The van der Waals surface area contributed by atoms with E-state index in [4.69, 9.17) is 5.26 Å². The molecule has 0 spiro atoms. The molecule has 2 aromatic heterocycles. The van der Waals surface area contributed by atoms with E-state index in [0.29, 0.717) is 17.9 Å². The highest BCUT2D eigenvalue weighted by Crippen LogP contribution is 2.43. The van der Waals surface area contributed by atoms with Crippen LogP contribution in [0.25, 0.3) is 26.3 Å². The summed E-state index contributed by atoms with van der Waals surface area (Å²) >= 11 is 3.71. The molecular formula is C44H58N2S2. The molecule has 2 aromatic carbocycles. The van der Waals surface area contributed by atoms with Crippen molar-refractivity contribution in [1.29, 1.82) is 5.26 Å². The molecular weight excluding hydrogens is 621 g/mol. The zero-order valence-corrected chi connectivity index (χ0v) is 32.1. The number of allylic oxidation sites excluding steroid dienone is 1. The van der Waals surface area contributed by atoms with Crippen LogP contribution in [0.2, 0.25) is 0 Å². The normalized spacial score (nSPS) is 12.3. The second-order valence-corrected chi connectivity index (χ2v) is 16.1. The Kier molecular flexibility index (Phi) is 15.5. The molecule has 2 heterocycles. The summed E-state index contributed by atoms with van der Waals surface area (Å²) in [6, 6.07) is 27.7. The molecule has 0 aliphatic rings. The van der Waals surface area contributed by atoms with Crippen LogP contribution >= 0.6 is 22.7 Å². The van der Waals surface area contributed by atoms with Crippen LogP contribution in [0.5, 0.6) is 0 Å². The molecule has 0 aliphatic carbocycles. The first kappa shape index (κ1) is 37.7. The van der Waals surface area contributed by atoms with E-state index in [9.17, 15) is 0 Å². The van der Waals surface area contributed by atoms with Crippen molar-refractivity contribution in [2.24, 2.45) is 5.92 Å². The quantitative estimate of drug-likeness (QED) is 0.0687. The Balaban J connectivity index is 1.57. The Morgan fingerprint density at radius 1 is 0.750 bits per heavy atom. The van der Waals surface area contributed by atoms with Crippen LogP contribution in [0.4, 0.5) is 11.4 Å². The van der Waals surface area contributed by atoms with Crippen molar-refractivity contribution in [1.82, 2.24) is 0 Å². The number of aryl methyl sites for hydroxylation is 1. The van der Waals surface area contributed by atoms with Crippen molar-refractivity contribution >= 4 is 40.1 Å². The number of unbranched alkanes of at least 4 members (excludes halogenated alkanes) is 9. The number of anilines is 2. The highest BCUT2D eigenvalue weighted by Gasteiger charge is 2.25. The van der Waals surface area contributed by atoms with Crippen molar-refractivity contribution in [3.63, 3.8) is 0 Å². The van der Waals surface area contributed by atoms with E-state index in [2.05, 4.69) is 119 Å². The van der Waals surface area contributed by atoms with E-state index in [1.165, 1.54) is 107 Å². The van der Waals surface area contributed by atoms with Gasteiger partial charge < -0.3 is 4.90 Å². The number of para-hydroxylation sites is 1. The first-order valence-electron chi connectivity index (χ1n) is 18.7. The van der Waals surface area contributed by atoms with Crippen molar-refractivity contribution in [3.8, 4) is 26.3 Å². The van der Waals surface area contributed by atoms with Gasteiger partial charge in [-0.15, -0.1) is 22.7 Å². The summed E-state index contributed by atoms with van der Waals surface area (Å²) in [7, 11) is 0. The molecule has 0 aliphatic heterocycles. The lowest BCUT2D eigenvalue weighted by Crippen LogP contribution is -2.35. The zero-order valence-electron chi connectivity index (χ0n) is 30.4. The lowest BCUT2D eigenvalue weighted by Gasteiger charge is -2.38. The molecule has 0 saturated carbocycles. The topological polar surface area (TPSA) is 27.0 Å². The van der Waals surface area contributed by atoms with Gasteiger partial charge in [-0.25, -0.2) is 0 Å². The van der Waals surface area contributed by atoms with Crippen LogP contribution < -0.4 is 4.90 Å². The Bertz CT molecular complexity index is 1580. The molecule has 256 valence electrons. The minimum Gasteiger partial charge on any atom is -0.338 e. The number of nitriles is 1. The van der Waals surface area contributed by atoms with Gasteiger partial charge >= 0.3 is 0 Å². The standard InChI is InChI=1S/C44H58N2S2/c1-7-9-10-11-12-13-14-15-16-17-21-36-32-43(48-44(36)42-30-29-38(47-42)22-20-31-45)35-25-27-37(28-26-35)46(40(8-2)34(5)6)41-24-19-18-23-39(41)33(3)4/h18-20,22-30,32-34,40H,7-17,21H2,1-6H3. The molecule has 4 rings (SSSR count). The van der Waals surface area contributed by atoms with Crippen LogP contribution in [-0.2, 0) is 6.42 Å². The van der Waals surface area contributed by atoms with Crippen molar-refractivity contribution in [2.45, 2.75) is 131 Å². The molecule has 1 atom stereocenters. The van der Waals surface area contributed by atoms with Crippen molar-refractivity contribution in [2.75, 3.05) is 4.90 Å². The van der Waals surface area contributed by atoms with Crippen LogP contribution in [0.1, 0.15) is 134 Å². The number of hydrogen-bond donors (Lipinski definition) is 0. The van der Waals surface area contributed by atoms with Gasteiger partial charge in [0.1, 0.15) is 0 Å². The first-order chi connectivity index (χ1) is 23.4. The summed E-state index contributed by atoms with van der Waals surface area (Å²) in [4.78, 5) is 7.77. The number of hydrogen-bond acceptors (Lipinski definition) is 4. The Morgan fingerprint density at radius 2 is 1.42 bits per heavy atom. The monoisotopic (exact) mass is 678 g/mol. The molecule has 0 bridgehead atoms. The lowest BCUT2D eigenvalue weighted by molar-refractivity contribution is 0.471. The second kappa shape index (κ2) is 19.8. The van der Waals surface area contributed by atoms with Crippen LogP contribution in [0.15, 0.2) is 72.8 Å². The highest BCUT2D eigenvalue weighted by molar-refractivity contribution is 7.24. The minimum absolute atomic E-state index is 0.417. The smallest absolute Gasteiger partial charge is 0.0912 e. The molecule has 4 aromatic rings. The van der Waals surface area contributed by atoms with Crippen LogP contribution in [-0.4, -0.2) is 6.04 Å². The van der Waals surface area contributed by atoms with Gasteiger partial charge in [0.05, 0.1) is 6.07 Å². The molecule has 48 heavy (non-hydrogen) atoms. The van der Waals surface area contributed by atoms with Gasteiger partial charge in [-0.05, 0) is 90.3 Å². The molecule has 2 nitrogen and oxygen atoms in total. The summed E-state index contributed by atoms with van der Waals surface area (Å²) in [6.45, 7) is 13.9. The number of nitrogens with zero attached hydrogens (tertiary/aromatic N) is 2. The average molecular weight is 679 g/mol. The van der Waals surface area contributed by atoms with Gasteiger partial charge in [0.25, 0.3) is 0 Å². The van der Waals surface area contributed by atoms with E-state index in [1.54, 1.807) is 17.4 Å². The summed E-state index contributed by atoms with van der Waals surface area (Å²) in [5.41, 5.74) is 6.75. The van der Waals surface area contributed by atoms with E-state index < -0.39 is 0 Å². The highest BCUT2D eigenvalue weighted by atomic mass is 32.1. The van der Waals surface area contributed by atoms with Gasteiger partial charge in [0, 0.05) is 43.0 Å². The first-order valence-corrected chi connectivity index (χ1v) is 20.3. The average Bonchev–Trinajstić information content (AvgIpc) is 3.74. The van der Waals surface area contributed by atoms with Gasteiger partial charge in [-0.1, -0.05) is 130 Å². The third-order valence-corrected chi connectivity index (χ3v) is 12.0. The molecule has 0 N–H and O–H groups in total. The van der Waals surface area contributed by atoms with Crippen molar-refractivity contribution < 1.29 is 0 Å². The number of rotatable bonds is 20. The van der Waals surface area contributed by atoms with Gasteiger partial charge in [0.2, 0.25) is 0 Å². The molecule has 0 fully saturated rings. The fraction of sp³-hybridized carbons (Fsp3) is 0.477. The maximum Gasteiger partial charge on any atom is 0.0912 e. The summed E-state index contributed by atoms with van der Waals surface area (Å²) in [5, 5.41) is 9.04. The molecule has 0 amide bonds. The van der Waals surface area contributed by atoms with E-state index in [1.807, 2.05) is 17.4 Å². The lowest BCUT2D eigenvalue weighted by atomic mass is 9.94. The van der Waals surface area contributed by atoms with Gasteiger partial charge in [-0.2, -0.15) is 5.26 Å². The molecule has 1 unspecified atom stereocenters. The van der Waals surface area contributed by atoms with Gasteiger partial charge in [0.15, 0.2) is 0 Å². The summed E-state index contributed by atoms with van der Waals surface area (Å²) in [5.74, 6) is 0.987. The Labute approximate surface area is 300 Å². The fourth-order valence-corrected chi connectivity index (χ4v) is 9.17. The van der Waals surface area contributed by atoms with Crippen molar-refractivity contribution in [3.05, 3.63) is 88.8 Å². The summed E-state index contributed by atoms with van der Waals surface area (Å²) < 4.78 is 0. The summed E-state index contributed by atoms with van der Waals surface area (Å²) in [6.07, 6.45) is 19.3. The zero-order chi connectivity index (χ0) is 34.3. The minimum atomic E-state index is 0.417. The van der Waals surface area contributed by atoms with E-state index in [0.717, 1.165) is 17.7 Å². The Hall–Kier alpha value is -3.13. The Morgan fingerprint density at radius 3 is 2.04 bits per heavy atom. The maximum absolute atomic E-state index is 9.04. The third kappa shape index (κ3) is 10.4. The third-order valence-electron chi connectivity index (χ3n) is 9.55. The van der Waals surface area contributed by atoms with Gasteiger partial charge in [-0.3, -0.25) is 0 Å². The molecule has 0 radical (unpaired) electrons. The SMILES string of the molecule is CCCCCCCCCCCCc1cc(-c2ccc(N(c3ccccc3C(C)C)C(CC)C(C)C)cc2)sc1-c1ccc(C=CC#N)s1. The van der Waals surface area contributed by atoms with Crippen LogP contribution in [0.3, 0.4) is 0 Å². The van der Waals surface area contributed by atoms with E-state index in [-0.39, 0.29) is 0 Å². The predicted molar refractivity (Wildman–Crippen MR) is 215 cm³/mol. The maximum atomic E-state index is 9.04. The second-order valence-electron chi connectivity index (χ2n) is 13.9. The van der Waals surface area contributed by atoms with E-state index >= 15 is 0 Å².